The van der Waals surface area contributed by atoms with Crippen LogP contribution in [0.25, 0.3) is 0 Å². The molecule has 3 atom stereocenters. The number of nitrogens with two attached hydrogens (primary N) is 1. The number of H-pyrrole nitrogens is 1. The average molecular weight is 440 g/mol. The third-order valence-electron chi connectivity index (χ3n) is 4.34. The van der Waals surface area contributed by atoms with Crippen LogP contribution in [-0.2, 0) is 30.4 Å². The van der Waals surface area contributed by atoms with E-state index in [9.17, 15) is 29.1 Å². The molecule has 0 spiro atoms. The van der Waals surface area contributed by atoms with E-state index in [1.54, 1.807) is 13.8 Å². The molecular weight excluding hydrogens is 412 g/mol. The molecule has 3 unspecified atom stereocenters. The maximum Gasteiger partial charge on any atom is 0.326 e. The summed E-state index contributed by atoms with van der Waals surface area (Å²) >= 11 is 0. The lowest BCUT2D eigenvalue weighted by Crippen LogP contribution is -2.54. The maximum absolute atomic E-state index is 12.4. The van der Waals surface area contributed by atoms with Crippen LogP contribution in [0.5, 0.6) is 0 Å². The molecule has 0 aliphatic carbocycles. The number of aliphatic carboxylic acids is 2. The highest BCUT2D eigenvalue weighted by Gasteiger charge is 2.27. The molecule has 3 amide bonds. The molecule has 0 aromatic carbocycles. The van der Waals surface area contributed by atoms with Gasteiger partial charge in [-0.2, -0.15) is 0 Å². The van der Waals surface area contributed by atoms with E-state index >= 15 is 0 Å². The topological polar surface area (TPSA) is 217 Å². The molecule has 172 valence electrons. The van der Waals surface area contributed by atoms with Crippen LogP contribution in [0, 0.1) is 5.92 Å². The Morgan fingerprint density at radius 3 is 2.29 bits per heavy atom. The lowest BCUT2D eigenvalue weighted by atomic mass is 10.0. The zero-order valence-corrected chi connectivity index (χ0v) is 17.3. The minimum atomic E-state index is -1.27. The molecule has 0 aliphatic rings. The third kappa shape index (κ3) is 9.25. The van der Waals surface area contributed by atoms with Crippen molar-refractivity contribution in [1.29, 1.82) is 0 Å². The van der Waals surface area contributed by atoms with Crippen molar-refractivity contribution in [3.8, 4) is 0 Å². The predicted molar refractivity (Wildman–Crippen MR) is 106 cm³/mol. The number of carbonyl (C=O) groups is 5. The minimum Gasteiger partial charge on any atom is -0.481 e. The van der Waals surface area contributed by atoms with Gasteiger partial charge in [0.2, 0.25) is 17.7 Å². The Labute approximate surface area is 178 Å². The monoisotopic (exact) mass is 440 g/mol. The van der Waals surface area contributed by atoms with Crippen LogP contribution in [0.15, 0.2) is 12.5 Å². The van der Waals surface area contributed by atoms with Gasteiger partial charge in [0.25, 0.3) is 0 Å². The van der Waals surface area contributed by atoms with Crippen molar-refractivity contribution < 1.29 is 34.2 Å². The maximum atomic E-state index is 12.4. The summed E-state index contributed by atoms with van der Waals surface area (Å²) in [6, 6.07) is -3.37. The highest BCUT2D eigenvalue weighted by molar-refractivity contribution is 5.92. The zero-order valence-electron chi connectivity index (χ0n) is 17.3. The molecular formula is C18H28N6O7. The van der Waals surface area contributed by atoms with E-state index in [4.69, 9.17) is 10.8 Å². The first-order valence-corrected chi connectivity index (χ1v) is 9.56. The number of hydrogen-bond donors (Lipinski definition) is 7. The Hall–Kier alpha value is -3.48. The number of amides is 3. The zero-order chi connectivity index (χ0) is 23.6. The molecule has 1 rings (SSSR count). The summed E-state index contributed by atoms with van der Waals surface area (Å²) in [5, 5.41) is 25.0. The van der Waals surface area contributed by atoms with E-state index in [-0.39, 0.29) is 18.8 Å². The number of nitrogens with zero attached hydrogens (tertiary/aromatic N) is 1. The largest absolute Gasteiger partial charge is 0.481 e. The van der Waals surface area contributed by atoms with Gasteiger partial charge in [0.05, 0.1) is 18.9 Å². The van der Waals surface area contributed by atoms with Gasteiger partial charge in [-0.15, -0.1) is 0 Å². The van der Waals surface area contributed by atoms with E-state index in [0.717, 1.165) is 0 Å². The fraction of sp³-hybridized carbons (Fsp3) is 0.556. The second kappa shape index (κ2) is 12.3. The number of carboxylic acid groups (broad SMARTS) is 2. The van der Waals surface area contributed by atoms with Gasteiger partial charge in [0.1, 0.15) is 12.1 Å². The quantitative estimate of drug-likeness (QED) is 0.180. The number of aromatic nitrogens is 2. The Morgan fingerprint density at radius 1 is 1.10 bits per heavy atom. The third-order valence-corrected chi connectivity index (χ3v) is 4.34. The van der Waals surface area contributed by atoms with Crippen LogP contribution < -0.4 is 21.7 Å². The van der Waals surface area contributed by atoms with Gasteiger partial charge in [-0.05, 0) is 12.3 Å². The molecule has 0 saturated heterocycles. The van der Waals surface area contributed by atoms with Gasteiger partial charge >= 0.3 is 11.9 Å². The fourth-order valence-electron chi connectivity index (χ4n) is 2.46. The standard InChI is InChI=1S/C18H28N6O7/c1-9(2)15(19)17(29)24-11(3-4-14(26)27)16(28)21-7-13(25)23-12(18(30)31)5-10-6-20-8-22-10/h6,8-9,11-12,15H,3-5,7,19H2,1-2H3,(H,20,22)(H,21,28)(H,23,25)(H,24,29)(H,26,27)(H,30,31). The Balaban J connectivity index is 2.67. The molecule has 1 heterocycles. The Morgan fingerprint density at radius 2 is 1.77 bits per heavy atom. The average Bonchev–Trinajstić information content (AvgIpc) is 3.20. The second-order valence-corrected chi connectivity index (χ2v) is 7.22. The lowest BCUT2D eigenvalue weighted by molar-refractivity contribution is -0.141. The van der Waals surface area contributed by atoms with Crippen molar-refractivity contribution in [1.82, 2.24) is 25.9 Å². The van der Waals surface area contributed by atoms with Crippen LogP contribution in [0.2, 0.25) is 0 Å². The van der Waals surface area contributed by atoms with Crippen LogP contribution in [0.3, 0.4) is 0 Å². The molecule has 0 radical (unpaired) electrons. The van der Waals surface area contributed by atoms with Gasteiger partial charge in [-0.25, -0.2) is 9.78 Å². The number of nitrogens with one attached hydrogen (secondary N) is 4. The number of imidazole rings is 1. The number of carbonyl (C=O) groups excluding carboxylic acids is 3. The van der Waals surface area contributed by atoms with Gasteiger partial charge < -0.3 is 36.9 Å². The number of carboxylic acids is 2. The van der Waals surface area contributed by atoms with Gasteiger partial charge in [-0.1, -0.05) is 13.8 Å². The summed E-state index contributed by atoms with van der Waals surface area (Å²) in [6.07, 6.45) is 2.14. The van der Waals surface area contributed by atoms with E-state index in [0.29, 0.717) is 5.69 Å². The summed E-state index contributed by atoms with van der Waals surface area (Å²) in [4.78, 5) is 65.3. The van der Waals surface area contributed by atoms with Gasteiger partial charge in [0.15, 0.2) is 0 Å². The lowest BCUT2D eigenvalue weighted by Gasteiger charge is -2.22. The summed E-state index contributed by atoms with van der Waals surface area (Å²) in [6.45, 7) is 2.85. The van der Waals surface area contributed by atoms with Crippen molar-refractivity contribution >= 4 is 29.7 Å². The second-order valence-electron chi connectivity index (χ2n) is 7.22. The fourth-order valence-corrected chi connectivity index (χ4v) is 2.46. The first kappa shape index (κ1) is 25.6. The first-order valence-electron chi connectivity index (χ1n) is 9.56. The smallest absolute Gasteiger partial charge is 0.326 e. The first-order chi connectivity index (χ1) is 14.5. The van der Waals surface area contributed by atoms with Crippen molar-refractivity contribution in [3.05, 3.63) is 18.2 Å². The van der Waals surface area contributed by atoms with Crippen LogP contribution in [-0.4, -0.2) is 74.5 Å². The summed E-state index contributed by atoms with van der Waals surface area (Å²) in [7, 11) is 0. The van der Waals surface area contributed by atoms with Crippen molar-refractivity contribution in [2.45, 2.75) is 51.2 Å². The SMILES string of the molecule is CC(C)C(N)C(=O)NC(CCC(=O)O)C(=O)NCC(=O)NC(Cc1cnc[nH]1)C(=O)O. The molecule has 13 nitrogen and oxygen atoms in total. The van der Waals surface area contributed by atoms with Crippen LogP contribution >= 0.6 is 0 Å². The normalized spacial score (nSPS) is 13.7. The summed E-state index contributed by atoms with van der Waals surface area (Å²) < 4.78 is 0. The van der Waals surface area contributed by atoms with Crippen molar-refractivity contribution in [2.75, 3.05) is 6.54 Å². The highest BCUT2D eigenvalue weighted by atomic mass is 16.4. The summed E-state index contributed by atoms with van der Waals surface area (Å²) in [5.74, 6) is -4.85. The van der Waals surface area contributed by atoms with Crippen LogP contribution in [0.4, 0.5) is 0 Å². The van der Waals surface area contributed by atoms with Gasteiger partial charge in [0, 0.05) is 24.7 Å². The molecule has 0 bridgehead atoms. The highest BCUT2D eigenvalue weighted by Crippen LogP contribution is 2.03. The van der Waals surface area contributed by atoms with E-state index in [2.05, 4.69) is 25.9 Å². The predicted octanol–water partition coefficient (Wildman–Crippen LogP) is -2.03. The number of rotatable bonds is 13. The Kier molecular flexibility index (Phi) is 10.1. The molecule has 31 heavy (non-hydrogen) atoms. The molecule has 0 aliphatic heterocycles. The van der Waals surface area contributed by atoms with E-state index < -0.39 is 60.8 Å². The van der Waals surface area contributed by atoms with Crippen LogP contribution in [0.1, 0.15) is 32.4 Å². The number of hydrogen-bond acceptors (Lipinski definition) is 7. The van der Waals surface area contributed by atoms with Crippen molar-refractivity contribution in [3.63, 3.8) is 0 Å². The molecule has 13 heteroatoms. The molecule has 8 N–H and O–H groups in total. The summed E-state index contributed by atoms with van der Waals surface area (Å²) in [5.41, 5.74) is 6.23. The van der Waals surface area contributed by atoms with Crippen molar-refractivity contribution in [2.24, 2.45) is 11.7 Å². The number of aromatic amines is 1. The van der Waals surface area contributed by atoms with Gasteiger partial charge in [-0.3, -0.25) is 19.2 Å². The molecule has 0 fully saturated rings. The van der Waals surface area contributed by atoms with E-state index in [1.807, 2.05) is 0 Å². The molecule has 0 saturated carbocycles. The minimum absolute atomic E-state index is 0.0423. The Bertz CT molecular complexity index is 780. The van der Waals surface area contributed by atoms with E-state index in [1.165, 1.54) is 12.5 Å². The molecule has 1 aromatic heterocycles. The molecule has 1 aromatic rings.